The fraction of sp³-hybridized carbons (Fsp3) is 0.400. The Morgan fingerprint density at radius 3 is 1.86 bits per heavy atom. The quantitative estimate of drug-likeness (QED) is 0.764. The molecule has 0 atom stereocenters. The summed E-state index contributed by atoms with van der Waals surface area (Å²) in [5.41, 5.74) is 0.488. The summed E-state index contributed by atoms with van der Waals surface area (Å²) in [5.74, 6) is 0. The topological polar surface area (TPSA) is 34.1 Å². The highest BCUT2D eigenvalue weighted by Crippen LogP contribution is 2.10. The second kappa shape index (κ2) is 5.75. The first-order valence-corrected chi connectivity index (χ1v) is 6.28. The standard InChI is InChI=1S/C8H9FO2S.C2H6/c1-12(10,11)8-4-2-7(6-9)3-5-8;1-2/h2-5H,6H2,1H3;1-2H3. The highest BCUT2D eigenvalue weighted by atomic mass is 32.2. The lowest BCUT2D eigenvalue weighted by molar-refractivity contribution is 0.485. The van der Waals surface area contributed by atoms with Gasteiger partial charge in [0.2, 0.25) is 0 Å². The van der Waals surface area contributed by atoms with Crippen LogP contribution in [0.1, 0.15) is 19.4 Å². The van der Waals surface area contributed by atoms with Crippen LogP contribution in [0.3, 0.4) is 0 Å². The fourth-order valence-corrected chi connectivity index (χ4v) is 1.46. The van der Waals surface area contributed by atoms with Crippen molar-refractivity contribution in [2.75, 3.05) is 6.26 Å². The largest absolute Gasteiger partial charge is 0.246 e. The van der Waals surface area contributed by atoms with Crippen LogP contribution in [0.2, 0.25) is 0 Å². The molecule has 0 aliphatic heterocycles. The molecular formula is C10H15FO2S. The zero-order valence-electron chi connectivity index (χ0n) is 8.62. The average molecular weight is 218 g/mol. The van der Waals surface area contributed by atoms with Crippen molar-refractivity contribution in [2.24, 2.45) is 0 Å². The van der Waals surface area contributed by atoms with Crippen LogP contribution < -0.4 is 0 Å². The smallest absolute Gasteiger partial charge is 0.175 e. The van der Waals surface area contributed by atoms with Gasteiger partial charge in [0.1, 0.15) is 6.67 Å². The molecule has 1 aromatic carbocycles. The first kappa shape index (κ1) is 13.1. The van der Waals surface area contributed by atoms with Gasteiger partial charge in [-0.15, -0.1) is 0 Å². The molecule has 0 bridgehead atoms. The Morgan fingerprint density at radius 1 is 1.14 bits per heavy atom. The number of benzene rings is 1. The van der Waals surface area contributed by atoms with Crippen LogP contribution in [-0.4, -0.2) is 14.7 Å². The first-order valence-electron chi connectivity index (χ1n) is 4.39. The molecule has 0 aliphatic carbocycles. The summed E-state index contributed by atoms with van der Waals surface area (Å²) in [6, 6.07) is 5.75. The van der Waals surface area contributed by atoms with Crippen LogP contribution in [-0.2, 0) is 16.5 Å². The third-order valence-corrected chi connectivity index (χ3v) is 2.63. The molecule has 0 aliphatic rings. The summed E-state index contributed by atoms with van der Waals surface area (Å²) in [6.45, 7) is 3.43. The summed E-state index contributed by atoms with van der Waals surface area (Å²) < 4.78 is 33.9. The van der Waals surface area contributed by atoms with Gasteiger partial charge in [0.15, 0.2) is 9.84 Å². The zero-order chi connectivity index (χ0) is 11.2. The Balaban J connectivity index is 0.000000791. The highest BCUT2D eigenvalue weighted by molar-refractivity contribution is 7.90. The van der Waals surface area contributed by atoms with Crippen molar-refractivity contribution in [1.82, 2.24) is 0 Å². The normalized spacial score (nSPS) is 10.3. The van der Waals surface area contributed by atoms with E-state index >= 15 is 0 Å². The van der Waals surface area contributed by atoms with Gasteiger partial charge in [-0.25, -0.2) is 12.8 Å². The average Bonchev–Trinajstić information content (AvgIpc) is 2.20. The van der Waals surface area contributed by atoms with Gasteiger partial charge in [-0.05, 0) is 17.7 Å². The van der Waals surface area contributed by atoms with Gasteiger partial charge < -0.3 is 0 Å². The summed E-state index contributed by atoms with van der Waals surface area (Å²) in [4.78, 5) is 0.222. The Kier molecular flexibility index (Phi) is 5.38. The van der Waals surface area contributed by atoms with Crippen LogP contribution in [0.4, 0.5) is 4.39 Å². The Bertz CT molecular complexity index is 354. The lowest BCUT2D eigenvalue weighted by atomic mass is 10.2. The molecule has 0 fully saturated rings. The highest BCUT2D eigenvalue weighted by Gasteiger charge is 2.05. The molecule has 0 saturated heterocycles. The molecule has 0 saturated carbocycles. The van der Waals surface area contributed by atoms with Gasteiger partial charge in [-0.1, -0.05) is 26.0 Å². The molecule has 0 spiro atoms. The predicted octanol–water partition coefficient (Wildman–Crippen LogP) is 2.59. The molecule has 80 valence electrons. The van der Waals surface area contributed by atoms with Gasteiger partial charge >= 0.3 is 0 Å². The minimum Gasteiger partial charge on any atom is -0.246 e. The van der Waals surface area contributed by atoms with E-state index < -0.39 is 16.5 Å². The molecule has 1 rings (SSSR count). The van der Waals surface area contributed by atoms with E-state index in [1.807, 2.05) is 13.8 Å². The van der Waals surface area contributed by atoms with Crippen LogP contribution in [0, 0.1) is 0 Å². The maximum atomic E-state index is 12.0. The summed E-state index contributed by atoms with van der Waals surface area (Å²) >= 11 is 0. The Morgan fingerprint density at radius 2 is 1.57 bits per heavy atom. The molecule has 0 aromatic heterocycles. The first-order chi connectivity index (χ1) is 6.54. The number of sulfone groups is 1. The van der Waals surface area contributed by atoms with E-state index in [1.165, 1.54) is 24.3 Å². The zero-order valence-corrected chi connectivity index (χ0v) is 9.44. The van der Waals surface area contributed by atoms with Crippen molar-refractivity contribution in [1.29, 1.82) is 0 Å². The summed E-state index contributed by atoms with van der Waals surface area (Å²) in [7, 11) is -3.15. The van der Waals surface area contributed by atoms with Gasteiger partial charge in [-0.3, -0.25) is 0 Å². The van der Waals surface area contributed by atoms with Gasteiger partial charge in [0, 0.05) is 6.26 Å². The van der Waals surface area contributed by atoms with E-state index in [4.69, 9.17) is 0 Å². The fourth-order valence-electron chi connectivity index (χ4n) is 0.826. The second-order valence-electron chi connectivity index (χ2n) is 2.55. The van der Waals surface area contributed by atoms with E-state index in [0.717, 1.165) is 6.26 Å². The number of alkyl halides is 1. The van der Waals surface area contributed by atoms with Crippen LogP contribution in [0.15, 0.2) is 29.2 Å². The minimum absolute atomic E-state index is 0.222. The van der Waals surface area contributed by atoms with Crippen molar-refractivity contribution in [2.45, 2.75) is 25.4 Å². The van der Waals surface area contributed by atoms with Crippen LogP contribution >= 0.6 is 0 Å². The monoisotopic (exact) mass is 218 g/mol. The minimum atomic E-state index is -3.15. The van der Waals surface area contributed by atoms with Gasteiger partial charge in [0.05, 0.1) is 4.90 Å². The van der Waals surface area contributed by atoms with E-state index in [1.54, 1.807) is 0 Å². The Labute approximate surface area is 84.7 Å². The molecule has 1 aromatic rings. The molecule has 0 unspecified atom stereocenters. The molecule has 0 N–H and O–H groups in total. The third kappa shape index (κ3) is 3.87. The molecule has 4 heteroatoms. The maximum Gasteiger partial charge on any atom is 0.175 e. The number of rotatable bonds is 2. The SMILES string of the molecule is CC.CS(=O)(=O)c1ccc(CF)cc1. The van der Waals surface area contributed by atoms with Crippen molar-refractivity contribution < 1.29 is 12.8 Å². The number of hydrogen-bond donors (Lipinski definition) is 0. The molecule has 0 radical (unpaired) electrons. The van der Waals surface area contributed by atoms with Crippen molar-refractivity contribution in [3.05, 3.63) is 29.8 Å². The van der Waals surface area contributed by atoms with Crippen LogP contribution in [0.5, 0.6) is 0 Å². The molecule has 0 amide bonds. The second-order valence-corrected chi connectivity index (χ2v) is 4.57. The third-order valence-electron chi connectivity index (χ3n) is 1.51. The van der Waals surface area contributed by atoms with E-state index in [0.29, 0.717) is 5.56 Å². The number of hydrogen-bond acceptors (Lipinski definition) is 2. The van der Waals surface area contributed by atoms with Crippen LogP contribution in [0.25, 0.3) is 0 Å². The van der Waals surface area contributed by atoms with Gasteiger partial charge in [0.25, 0.3) is 0 Å². The van der Waals surface area contributed by atoms with E-state index in [-0.39, 0.29) is 4.90 Å². The summed E-state index contributed by atoms with van der Waals surface area (Å²) in [6.07, 6.45) is 1.12. The Hall–Kier alpha value is -0.900. The number of halogens is 1. The lowest BCUT2D eigenvalue weighted by Crippen LogP contribution is -1.96. The molecule has 14 heavy (non-hydrogen) atoms. The van der Waals surface area contributed by atoms with Crippen molar-refractivity contribution in [3.63, 3.8) is 0 Å². The molecular weight excluding hydrogens is 203 g/mol. The van der Waals surface area contributed by atoms with Gasteiger partial charge in [-0.2, -0.15) is 0 Å². The van der Waals surface area contributed by atoms with Crippen molar-refractivity contribution >= 4 is 9.84 Å². The summed E-state index contributed by atoms with van der Waals surface area (Å²) in [5, 5.41) is 0. The van der Waals surface area contributed by atoms with E-state index in [2.05, 4.69) is 0 Å². The maximum absolute atomic E-state index is 12.0. The molecule has 0 heterocycles. The van der Waals surface area contributed by atoms with E-state index in [9.17, 15) is 12.8 Å². The predicted molar refractivity (Wildman–Crippen MR) is 55.7 cm³/mol. The van der Waals surface area contributed by atoms with Crippen molar-refractivity contribution in [3.8, 4) is 0 Å². The lowest BCUT2D eigenvalue weighted by Gasteiger charge is -1.98. The molecule has 2 nitrogen and oxygen atoms in total.